The molecule has 0 saturated heterocycles. The number of unbranched alkanes of at least 4 members (excludes halogenated alkanes) is 3. The molecule has 0 aliphatic heterocycles. The number of rotatable bonds is 9. The van der Waals surface area contributed by atoms with E-state index in [0.717, 1.165) is 25.9 Å². The van der Waals surface area contributed by atoms with Gasteiger partial charge in [-0.3, -0.25) is 0 Å². The molecule has 0 bridgehead atoms. The van der Waals surface area contributed by atoms with Crippen molar-refractivity contribution in [3.63, 3.8) is 0 Å². The van der Waals surface area contributed by atoms with Crippen molar-refractivity contribution in [2.75, 3.05) is 24.6 Å². The lowest BCUT2D eigenvalue weighted by molar-refractivity contribution is 0.281. The van der Waals surface area contributed by atoms with Crippen LogP contribution in [0.2, 0.25) is 5.28 Å². The lowest BCUT2D eigenvalue weighted by atomic mass is 10.2. The average molecular weight is 287 g/mol. The first-order chi connectivity index (χ1) is 9.21. The lowest BCUT2D eigenvalue weighted by Gasteiger charge is -2.18. The fourth-order valence-electron chi connectivity index (χ4n) is 1.73. The van der Waals surface area contributed by atoms with Gasteiger partial charge in [0.25, 0.3) is 0 Å². The average Bonchev–Trinajstić information content (AvgIpc) is 2.39. The van der Waals surface area contributed by atoms with Crippen molar-refractivity contribution in [1.29, 1.82) is 0 Å². The third-order valence-electron chi connectivity index (χ3n) is 2.85. The van der Waals surface area contributed by atoms with Gasteiger partial charge in [0, 0.05) is 13.1 Å². The molecule has 0 aromatic carbocycles. The fourth-order valence-corrected chi connectivity index (χ4v) is 1.87. The van der Waals surface area contributed by atoms with E-state index < -0.39 is 0 Å². The zero-order valence-electron chi connectivity index (χ0n) is 12.0. The molecule has 0 amide bonds. The van der Waals surface area contributed by atoms with Gasteiger partial charge < -0.3 is 9.64 Å². The monoisotopic (exact) mass is 286 g/mol. The molecule has 0 spiro atoms. The summed E-state index contributed by atoms with van der Waals surface area (Å²) in [6.45, 7) is 8.56. The number of anilines is 1. The lowest BCUT2D eigenvalue weighted by Crippen LogP contribution is -2.24. The molecular formula is C13H23ClN4O. The quantitative estimate of drug-likeness (QED) is 0.652. The zero-order valence-corrected chi connectivity index (χ0v) is 12.8. The second kappa shape index (κ2) is 8.91. The molecule has 0 aliphatic carbocycles. The summed E-state index contributed by atoms with van der Waals surface area (Å²) in [5.74, 6) is 0.577. The van der Waals surface area contributed by atoms with Crippen LogP contribution in [0.1, 0.15) is 46.5 Å². The summed E-state index contributed by atoms with van der Waals surface area (Å²) < 4.78 is 5.54. The van der Waals surface area contributed by atoms with Crippen LogP contribution in [0, 0.1) is 0 Å². The molecule has 0 unspecified atom stereocenters. The van der Waals surface area contributed by atoms with Crippen molar-refractivity contribution >= 4 is 17.5 Å². The van der Waals surface area contributed by atoms with Crippen LogP contribution in [0.15, 0.2) is 0 Å². The molecule has 108 valence electrons. The van der Waals surface area contributed by atoms with Gasteiger partial charge in [-0.05, 0) is 31.9 Å². The maximum Gasteiger partial charge on any atom is 0.322 e. The minimum absolute atomic E-state index is 0.181. The maximum absolute atomic E-state index is 5.90. The van der Waals surface area contributed by atoms with Crippen LogP contribution in [0.25, 0.3) is 0 Å². The summed E-state index contributed by atoms with van der Waals surface area (Å²) in [6.07, 6.45) is 4.62. The van der Waals surface area contributed by atoms with Crippen LogP contribution in [0.4, 0.5) is 5.95 Å². The molecule has 0 atom stereocenters. The van der Waals surface area contributed by atoms with Gasteiger partial charge in [-0.15, -0.1) is 0 Å². The van der Waals surface area contributed by atoms with Gasteiger partial charge in [0.15, 0.2) is 0 Å². The van der Waals surface area contributed by atoms with E-state index in [-0.39, 0.29) is 5.28 Å². The predicted molar refractivity (Wildman–Crippen MR) is 78.0 cm³/mol. The van der Waals surface area contributed by atoms with Gasteiger partial charge in [-0.2, -0.15) is 15.0 Å². The van der Waals surface area contributed by atoms with E-state index in [2.05, 4.69) is 21.9 Å². The maximum atomic E-state index is 5.90. The van der Waals surface area contributed by atoms with Crippen LogP contribution >= 0.6 is 11.6 Å². The molecule has 5 nitrogen and oxygen atoms in total. The van der Waals surface area contributed by atoms with E-state index in [1.54, 1.807) is 0 Å². The number of ether oxygens (including phenoxy) is 1. The number of aromatic nitrogens is 3. The first-order valence-corrected chi connectivity index (χ1v) is 7.38. The van der Waals surface area contributed by atoms with Crippen LogP contribution < -0.4 is 9.64 Å². The largest absolute Gasteiger partial charge is 0.463 e. The van der Waals surface area contributed by atoms with Gasteiger partial charge in [-0.25, -0.2) is 0 Å². The van der Waals surface area contributed by atoms with Crippen molar-refractivity contribution in [1.82, 2.24) is 15.0 Å². The Morgan fingerprint density at radius 2 is 1.74 bits per heavy atom. The summed E-state index contributed by atoms with van der Waals surface area (Å²) in [6, 6.07) is 0.318. The minimum Gasteiger partial charge on any atom is -0.463 e. The van der Waals surface area contributed by atoms with Crippen LogP contribution in [-0.4, -0.2) is 34.6 Å². The van der Waals surface area contributed by atoms with E-state index in [9.17, 15) is 0 Å². The smallest absolute Gasteiger partial charge is 0.322 e. The number of nitrogens with zero attached hydrogens (tertiary/aromatic N) is 4. The molecule has 1 heterocycles. The van der Waals surface area contributed by atoms with E-state index in [1.165, 1.54) is 12.8 Å². The summed E-state index contributed by atoms with van der Waals surface area (Å²) >= 11 is 5.90. The van der Waals surface area contributed by atoms with Crippen molar-refractivity contribution < 1.29 is 4.74 Å². The van der Waals surface area contributed by atoms with E-state index >= 15 is 0 Å². The molecular weight excluding hydrogens is 264 g/mol. The molecule has 1 aromatic rings. The molecule has 6 heteroatoms. The van der Waals surface area contributed by atoms with E-state index in [1.807, 2.05) is 18.7 Å². The Kier molecular flexibility index (Phi) is 7.48. The fraction of sp³-hybridized carbons (Fsp3) is 0.769. The van der Waals surface area contributed by atoms with Gasteiger partial charge in [0.2, 0.25) is 11.2 Å². The molecule has 1 rings (SSSR count). The van der Waals surface area contributed by atoms with Crippen LogP contribution in [-0.2, 0) is 0 Å². The number of hydrogen-bond donors (Lipinski definition) is 0. The highest BCUT2D eigenvalue weighted by atomic mass is 35.5. The van der Waals surface area contributed by atoms with E-state index in [4.69, 9.17) is 16.3 Å². The Labute approximate surface area is 120 Å². The summed E-state index contributed by atoms with van der Waals surface area (Å²) in [5, 5.41) is 0.181. The molecule has 0 radical (unpaired) electrons. The Bertz CT molecular complexity index is 372. The van der Waals surface area contributed by atoms with Gasteiger partial charge in [-0.1, -0.05) is 26.2 Å². The Hall–Kier alpha value is -1.10. The highest BCUT2D eigenvalue weighted by Crippen LogP contribution is 2.15. The summed E-state index contributed by atoms with van der Waals surface area (Å²) in [4.78, 5) is 14.4. The Balaban J connectivity index is 2.58. The zero-order chi connectivity index (χ0) is 14.1. The van der Waals surface area contributed by atoms with Crippen molar-refractivity contribution in [2.45, 2.75) is 46.5 Å². The number of halogens is 1. The highest BCUT2D eigenvalue weighted by molar-refractivity contribution is 6.28. The summed E-state index contributed by atoms with van der Waals surface area (Å²) in [5.41, 5.74) is 0. The molecule has 19 heavy (non-hydrogen) atoms. The molecule has 1 aromatic heterocycles. The van der Waals surface area contributed by atoms with Gasteiger partial charge in [0.1, 0.15) is 0 Å². The molecule has 0 fully saturated rings. The second-order valence-electron chi connectivity index (χ2n) is 4.27. The number of hydrogen-bond acceptors (Lipinski definition) is 5. The first kappa shape index (κ1) is 16.0. The van der Waals surface area contributed by atoms with Crippen molar-refractivity contribution in [3.05, 3.63) is 5.28 Å². The molecule has 0 saturated carbocycles. The molecule has 0 N–H and O–H groups in total. The van der Waals surface area contributed by atoms with Gasteiger partial charge in [0.05, 0.1) is 6.61 Å². The molecule has 0 aliphatic rings. The van der Waals surface area contributed by atoms with Crippen molar-refractivity contribution in [3.8, 4) is 6.01 Å². The Morgan fingerprint density at radius 1 is 1.00 bits per heavy atom. The summed E-state index contributed by atoms with van der Waals surface area (Å²) in [7, 11) is 0. The Morgan fingerprint density at radius 3 is 2.37 bits per heavy atom. The van der Waals surface area contributed by atoms with Crippen LogP contribution in [0.5, 0.6) is 6.01 Å². The highest BCUT2D eigenvalue weighted by Gasteiger charge is 2.10. The minimum atomic E-state index is 0.181. The van der Waals surface area contributed by atoms with Gasteiger partial charge >= 0.3 is 6.01 Å². The standard InChI is InChI=1S/C13H23ClN4O/c1-4-7-8-9-10-19-13-16-11(14)15-12(17-13)18(5-2)6-3/h4-10H2,1-3H3. The van der Waals surface area contributed by atoms with E-state index in [0.29, 0.717) is 18.6 Å². The third-order valence-corrected chi connectivity index (χ3v) is 3.02. The van der Waals surface area contributed by atoms with Crippen molar-refractivity contribution in [2.24, 2.45) is 0 Å². The van der Waals surface area contributed by atoms with Crippen LogP contribution in [0.3, 0.4) is 0 Å². The third kappa shape index (κ3) is 5.59. The SMILES string of the molecule is CCCCCCOc1nc(Cl)nc(N(CC)CC)n1. The predicted octanol–water partition coefficient (Wildman–Crippen LogP) is 3.33. The topological polar surface area (TPSA) is 51.1 Å². The first-order valence-electron chi connectivity index (χ1n) is 7.00. The second-order valence-corrected chi connectivity index (χ2v) is 4.61. The normalized spacial score (nSPS) is 10.5.